The third kappa shape index (κ3) is 3.76. The van der Waals surface area contributed by atoms with Crippen molar-refractivity contribution in [3.05, 3.63) is 66.3 Å². The fourth-order valence-electron chi connectivity index (χ4n) is 3.57. The van der Waals surface area contributed by atoms with E-state index >= 15 is 0 Å². The molecule has 28 heavy (non-hydrogen) atoms. The van der Waals surface area contributed by atoms with E-state index in [0.717, 1.165) is 24.2 Å². The molecule has 3 heterocycles. The quantitative estimate of drug-likeness (QED) is 0.634. The average Bonchev–Trinajstić information content (AvgIpc) is 3.41. The molecule has 0 N–H and O–H groups in total. The molecule has 7 nitrogen and oxygen atoms in total. The number of rotatable bonds is 6. The summed E-state index contributed by atoms with van der Waals surface area (Å²) in [7, 11) is -1.89. The van der Waals surface area contributed by atoms with Gasteiger partial charge in [-0.1, -0.05) is 5.16 Å². The zero-order valence-electron chi connectivity index (χ0n) is 15.7. The third-order valence-corrected chi connectivity index (χ3v) is 7.03. The maximum absolute atomic E-state index is 13.0. The van der Waals surface area contributed by atoms with Crippen LogP contribution in [0.1, 0.15) is 30.2 Å². The highest BCUT2D eigenvalue weighted by molar-refractivity contribution is 7.89. The van der Waals surface area contributed by atoms with Gasteiger partial charge in [-0.2, -0.15) is 4.31 Å². The maximum atomic E-state index is 13.0. The predicted molar refractivity (Wildman–Crippen MR) is 104 cm³/mol. The van der Waals surface area contributed by atoms with Gasteiger partial charge in [0.15, 0.2) is 5.76 Å². The number of benzene rings is 1. The lowest BCUT2D eigenvalue weighted by atomic mass is 9.94. The van der Waals surface area contributed by atoms with E-state index in [2.05, 4.69) is 5.16 Å². The molecule has 1 fully saturated rings. The minimum absolute atomic E-state index is 0.205. The van der Waals surface area contributed by atoms with Crippen molar-refractivity contribution in [3.8, 4) is 5.69 Å². The molecule has 1 aliphatic heterocycles. The topological polar surface area (TPSA) is 77.6 Å². The zero-order chi connectivity index (χ0) is 19.6. The molecule has 0 amide bonds. The molecule has 0 spiro atoms. The number of piperidine rings is 1. The van der Waals surface area contributed by atoms with Gasteiger partial charge >= 0.3 is 0 Å². The highest BCUT2D eigenvalue weighted by atomic mass is 32.2. The maximum Gasteiger partial charge on any atom is 0.243 e. The molecule has 3 aromatic rings. The van der Waals surface area contributed by atoms with Crippen LogP contribution < -0.4 is 0 Å². The second-order valence-corrected chi connectivity index (χ2v) is 8.85. The van der Waals surface area contributed by atoms with Crippen LogP contribution in [0, 0.1) is 0 Å². The monoisotopic (exact) mass is 401 g/mol. The minimum atomic E-state index is -3.50. The Kier molecular flexibility index (Phi) is 5.34. The highest BCUT2D eigenvalue weighted by Crippen LogP contribution is 2.30. The van der Waals surface area contributed by atoms with E-state index in [4.69, 9.17) is 9.26 Å². The third-order valence-electron chi connectivity index (χ3n) is 5.11. The van der Waals surface area contributed by atoms with E-state index in [0.29, 0.717) is 30.4 Å². The van der Waals surface area contributed by atoms with Gasteiger partial charge in [-0.3, -0.25) is 0 Å². The van der Waals surface area contributed by atoms with Crippen LogP contribution in [0.15, 0.2) is 64.3 Å². The smallest absolute Gasteiger partial charge is 0.243 e. The number of sulfonamides is 1. The molecule has 0 unspecified atom stereocenters. The van der Waals surface area contributed by atoms with Crippen LogP contribution in [0.3, 0.4) is 0 Å². The number of aromatic nitrogens is 2. The average molecular weight is 401 g/mol. The number of nitrogens with zero attached hydrogens (tertiary/aromatic N) is 3. The Hall–Kier alpha value is -2.42. The zero-order valence-corrected chi connectivity index (χ0v) is 16.5. The second kappa shape index (κ2) is 7.90. The molecule has 8 heteroatoms. The van der Waals surface area contributed by atoms with Crippen LogP contribution in [0.25, 0.3) is 5.69 Å². The summed E-state index contributed by atoms with van der Waals surface area (Å²) in [5.74, 6) is 0.896. The lowest BCUT2D eigenvalue weighted by Crippen LogP contribution is -2.37. The molecular weight excluding hydrogens is 378 g/mol. The summed E-state index contributed by atoms with van der Waals surface area (Å²) >= 11 is 0. The summed E-state index contributed by atoms with van der Waals surface area (Å²) < 4.78 is 39.8. The van der Waals surface area contributed by atoms with Gasteiger partial charge in [0.05, 0.1) is 10.6 Å². The largest absolute Gasteiger partial charge is 0.377 e. The van der Waals surface area contributed by atoms with Gasteiger partial charge in [0.25, 0.3) is 0 Å². The summed E-state index contributed by atoms with van der Waals surface area (Å²) in [4.78, 5) is 0.325. The van der Waals surface area contributed by atoms with E-state index in [1.165, 1.54) is 0 Å². The Balaban J connectivity index is 1.43. The van der Waals surface area contributed by atoms with Crippen molar-refractivity contribution in [1.29, 1.82) is 0 Å². The molecule has 0 aliphatic carbocycles. The van der Waals surface area contributed by atoms with Gasteiger partial charge < -0.3 is 13.8 Å². The molecular formula is C20H23N3O4S. The van der Waals surface area contributed by atoms with Crippen molar-refractivity contribution >= 4 is 10.0 Å². The van der Waals surface area contributed by atoms with Crippen molar-refractivity contribution in [2.75, 3.05) is 20.2 Å². The molecule has 148 valence electrons. The minimum Gasteiger partial charge on any atom is -0.377 e. The predicted octanol–water partition coefficient (Wildman–Crippen LogP) is 3.18. The van der Waals surface area contributed by atoms with Gasteiger partial charge in [-0.25, -0.2) is 8.42 Å². The fourth-order valence-corrected chi connectivity index (χ4v) is 5.04. The lowest BCUT2D eigenvalue weighted by Gasteiger charge is -2.30. The fraction of sp³-hybridized carbons (Fsp3) is 0.350. The molecule has 0 saturated carbocycles. The van der Waals surface area contributed by atoms with Crippen LogP contribution in [-0.4, -0.2) is 42.6 Å². The lowest BCUT2D eigenvalue weighted by molar-refractivity contribution is 0.155. The van der Waals surface area contributed by atoms with Crippen molar-refractivity contribution in [1.82, 2.24) is 14.0 Å². The van der Waals surface area contributed by atoms with E-state index in [1.807, 2.05) is 47.3 Å². The van der Waals surface area contributed by atoms with E-state index in [-0.39, 0.29) is 5.92 Å². The molecule has 4 rings (SSSR count). The molecule has 1 aliphatic rings. The Morgan fingerprint density at radius 1 is 1.14 bits per heavy atom. The highest BCUT2D eigenvalue weighted by Gasteiger charge is 2.31. The van der Waals surface area contributed by atoms with Gasteiger partial charge in [-0.15, -0.1) is 0 Å². The van der Waals surface area contributed by atoms with Crippen molar-refractivity contribution in [3.63, 3.8) is 0 Å². The summed E-state index contributed by atoms with van der Waals surface area (Å²) in [5.41, 5.74) is 1.81. The molecule has 0 radical (unpaired) electrons. The van der Waals surface area contributed by atoms with Crippen molar-refractivity contribution < 1.29 is 17.7 Å². The molecule has 0 bridgehead atoms. The summed E-state index contributed by atoms with van der Waals surface area (Å²) in [5, 5.41) is 4.11. The second-order valence-electron chi connectivity index (χ2n) is 6.91. The van der Waals surface area contributed by atoms with Gasteiger partial charge in [0, 0.05) is 50.3 Å². The van der Waals surface area contributed by atoms with Crippen LogP contribution >= 0.6 is 0 Å². The number of hydrogen-bond acceptors (Lipinski definition) is 5. The normalized spacial score (nSPS) is 16.5. The Labute approximate surface area is 164 Å². The number of methoxy groups -OCH3 is 1. The SMILES string of the molecule is COCc1cc(C2CCN(S(=O)(=O)c3ccc(-n4cccc4)cc3)CC2)no1. The standard InChI is InChI=1S/C20H23N3O4S/c1-26-15-18-14-20(21-27-18)16-8-12-23(13-9-16)28(24,25)19-6-4-17(5-7-19)22-10-2-3-11-22/h2-7,10-11,14,16H,8-9,12-13,15H2,1H3. The van der Waals surface area contributed by atoms with Gasteiger partial charge in [0.2, 0.25) is 10.0 Å². The van der Waals surface area contributed by atoms with Crippen molar-refractivity contribution in [2.45, 2.75) is 30.3 Å². The van der Waals surface area contributed by atoms with Crippen LogP contribution in [-0.2, 0) is 21.4 Å². The Morgan fingerprint density at radius 3 is 2.46 bits per heavy atom. The Bertz CT molecular complexity index is 1000. The van der Waals surface area contributed by atoms with Crippen LogP contribution in [0.2, 0.25) is 0 Å². The van der Waals surface area contributed by atoms with E-state index < -0.39 is 10.0 Å². The first-order valence-corrected chi connectivity index (χ1v) is 10.7. The van der Waals surface area contributed by atoms with E-state index in [1.54, 1.807) is 23.5 Å². The van der Waals surface area contributed by atoms with Gasteiger partial charge in [-0.05, 0) is 49.2 Å². The van der Waals surface area contributed by atoms with E-state index in [9.17, 15) is 8.42 Å². The molecule has 1 saturated heterocycles. The number of ether oxygens (including phenoxy) is 1. The summed E-state index contributed by atoms with van der Waals surface area (Å²) in [6.07, 6.45) is 5.30. The number of hydrogen-bond donors (Lipinski definition) is 0. The summed E-state index contributed by atoms with van der Waals surface area (Å²) in [6, 6.07) is 12.8. The van der Waals surface area contributed by atoms with Crippen LogP contribution in [0.4, 0.5) is 0 Å². The van der Waals surface area contributed by atoms with Crippen LogP contribution in [0.5, 0.6) is 0 Å². The molecule has 1 aromatic carbocycles. The summed E-state index contributed by atoms with van der Waals surface area (Å²) in [6.45, 7) is 1.33. The first kappa shape index (κ1) is 18.9. The van der Waals surface area contributed by atoms with Crippen molar-refractivity contribution in [2.24, 2.45) is 0 Å². The molecule has 0 atom stereocenters. The Morgan fingerprint density at radius 2 is 1.82 bits per heavy atom. The molecule has 2 aromatic heterocycles. The van der Waals surface area contributed by atoms with Gasteiger partial charge in [0.1, 0.15) is 6.61 Å². The first-order chi connectivity index (χ1) is 13.6. The first-order valence-electron chi connectivity index (χ1n) is 9.26.